The zero-order valence-corrected chi connectivity index (χ0v) is 21.9. The second-order valence-corrected chi connectivity index (χ2v) is 10.0. The molecule has 1 aromatic heterocycles. The lowest BCUT2D eigenvalue weighted by atomic mass is 10.0. The number of benzene rings is 3. The van der Waals surface area contributed by atoms with Gasteiger partial charge in [0, 0.05) is 12.0 Å². The Morgan fingerprint density at radius 3 is 2.39 bits per heavy atom. The molecule has 0 unspecified atom stereocenters. The molecule has 0 radical (unpaired) electrons. The van der Waals surface area contributed by atoms with Gasteiger partial charge in [0.1, 0.15) is 28.2 Å². The van der Waals surface area contributed by atoms with Gasteiger partial charge in [-0.15, -0.1) is 10.2 Å². The molecule has 0 aliphatic carbocycles. The van der Waals surface area contributed by atoms with Crippen LogP contribution in [-0.2, 0) is 29.2 Å². The van der Waals surface area contributed by atoms with Crippen LogP contribution in [0.2, 0.25) is 0 Å². The van der Waals surface area contributed by atoms with Gasteiger partial charge >= 0.3 is 0 Å². The summed E-state index contributed by atoms with van der Waals surface area (Å²) < 4.78 is 19.0. The topological polar surface area (TPSA) is 81.2 Å². The summed E-state index contributed by atoms with van der Waals surface area (Å²) >= 11 is 1.35. The molecule has 0 spiro atoms. The Morgan fingerprint density at radius 2 is 1.61 bits per heavy atom. The van der Waals surface area contributed by atoms with E-state index in [0.717, 1.165) is 36.8 Å². The molecule has 1 heterocycles. The number of ketones is 1. The predicted molar refractivity (Wildman–Crippen MR) is 146 cm³/mol. The van der Waals surface area contributed by atoms with Gasteiger partial charge in [-0.3, -0.25) is 9.59 Å². The van der Waals surface area contributed by atoms with E-state index in [9.17, 15) is 14.0 Å². The molecule has 0 saturated heterocycles. The number of amides is 1. The molecule has 1 amide bonds. The van der Waals surface area contributed by atoms with Crippen molar-refractivity contribution in [1.82, 2.24) is 15.5 Å². The predicted octanol–water partition coefficient (Wildman–Crippen LogP) is 6.30. The summed E-state index contributed by atoms with van der Waals surface area (Å²) in [6, 6.07) is 24.0. The summed E-state index contributed by atoms with van der Waals surface area (Å²) in [6.45, 7) is 0.431. The van der Waals surface area contributed by atoms with Crippen molar-refractivity contribution in [2.75, 3.05) is 0 Å². The molecule has 0 atom stereocenters. The smallest absolute Gasteiger partial charge is 0.287 e. The zero-order valence-electron chi connectivity index (χ0n) is 21.1. The van der Waals surface area contributed by atoms with Crippen LogP contribution in [0.1, 0.15) is 48.2 Å². The van der Waals surface area contributed by atoms with Crippen molar-refractivity contribution in [3.63, 3.8) is 0 Å². The molecule has 0 saturated carbocycles. The fraction of sp³-hybridized carbons (Fsp3) is 0.267. The number of rotatable bonds is 14. The lowest BCUT2D eigenvalue weighted by molar-refractivity contribution is -0.138. The highest BCUT2D eigenvalue weighted by Crippen LogP contribution is 2.26. The minimum Gasteiger partial charge on any atom is -0.489 e. The summed E-state index contributed by atoms with van der Waals surface area (Å²) in [7, 11) is 0. The molecular weight excluding hydrogens is 501 g/mol. The molecule has 38 heavy (non-hydrogen) atoms. The van der Waals surface area contributed by atoms with Crippen molar-refractivity contribution < 1.29 is 18.7 Å². The molecule has 0 bridgehead atoms. The minimum absolute atomic E-state index is 0.161. The fourth-order valence-electron chi connectivity index (χ4n) is 3.91. The standard InChI is InChI=1S/C30H30FN3O3S/c31-25-13-8-12-23(19-25)21-37-26-17-15-24(16-18-26)30-34-33-28(38-30)20-32-29(36)27(35)14-7-2-1-4-9-22-10-5-3-6-11-22/h3,5-6,8,10-13,15-19H,1-2,4,7,9,14,20-21H2,(H,32,36). The van der Waals surface area contributed by atoms with Crippen molar-refractivity contribution in [2.24, 2.45) is 0 Å². The van der Waals surface area contributed by atoms with Crippen LogP contribution < -0.4 is 10.1 Å². The quantitative estimate of drug-likeness (QED) is 0.153. The van der Waals surface area contributed by atoms with E-state index in [1.165, 1.54) is 29.0 Å². The second-order valence-electron chi connectivity index (χ2n) is 8.95. The Labute approximate surface area is 225 Å². The van der Waals surface area contributed by atoms with Crippen LogP contribution in [-0.4, -0.2) is 21.9 Å². The first-order chi connectivity index (χ1) is 18.6. The molecular formula is C30H30FN3O3S. The lowest BCUT2D eigenvalue weighted by Crippen LogP contribution is -2.30. The maximum Gasteiger partial charge on any atom is 0.287 e. The normalized spacial score (nSPS) is 10.8. The van der Waals surface area contributed by atoms with Gasteiger partial charge in [0.25, 0.3) is 5.91 Å². The Hall–Kier alpha value is -3.91. The van der Waals surface area contributed by atoms with Crippen molar-refractivity contribution in [2.45, 2.75) is 51.7 Å². The number of halogens is 1. The Morgan fingerprint density at radius 1 is 0.842 bits per heavy atom. The molecule has 3 aromatic carbocycles. The van der Waals surface area contributed by atoms with Crippen LogP contribution in [0.4, 0.5) is 4.39 Å². The Bertz CT molecular complexity index is 1330. The van der Waals surface area contributed by atoms with E-state index in [1.54, 1.807) is 12.1 Å². The molecule has 1 N–H and O–H groups in total. The maximum absolute atomic E-state index is 13.3. The molecule has 4 rings (SSSR count). The average molecular weight is 532 g/mol. The maximum atomic E-state index is 13.3. The van der Waals surface area contributed by atoms with Crippen molar-refractivity contribution in [1.29, 1.82) is 0 Å². The van der Waals surface area contributed by atoms with E-state index in [-0.39, 0.29) is 25.4 Å². The van der Waals surface area contributed by atoms with Gasteiger partial charge in [-0.05, 0) is 66.8 Å². The van der Waals surface area contributed by atoms with E-state index in [0.29, 0.717) is 22.2 Å². The van der Waals surface area contributed by atoms with Crippen LogP contribution in [0.3, 0.4) is 0 Å². The van der Waals surface area contributed by atoms with Crippen LogP contribution in [0.15, 0.2) is 78.9 Å². The van der Waals surface area contributed by atoms with Gasteiger partial charge in [0.05, 0.1) is 6.54 Å². The molecule has 8 heteroatoms. The number of unbranched alkanes of at least 4 members (excludes halogenated alkanes) is 3. The van der Waals surface area contributed by atoms with Crippen molar-refractivity contribution in [3.8, 4) is 16.3 Å². The number of Topliss-reactive ketones (excluding diaryl/α,β-unsaturated/α-hetero) is 1. The first-order valence-corrected chi connectivity index (χ1v) is 13.5. The lowest BCUT2D eigenvalue weighted by Gasteiger charge is -2.06. The van der Waals surface area contributed by atoms with Crippen molar-refractivity contribution in [3.05, 3.63) is 101 Å². The van der Waals surface area contributed by atoms with Crippen LogP contribution in [0.25, 0.3) is 10.6 Å². The Balaban J connectivity index is 1.14. The van der Waals surface area contributed by atoms with Gasteiger partial charge in [-0.25, -0.2) is 4.39 Å². The number of carbonyl (C=O) groups excluding carboxylic acids is 2. The number of nitrogens with zero attached hydrogens (tertiary/aromatic N) is 2. The van der Waals surface area contributed by atoms with Crippen molar-refractivity contribution >= 4 is 23.0 Å². The van der Waals surface area contributed by atoms with Gasteiger partial charge < -0.3 is 10.1 Å². The number of ether oxygens (including phenoxy) is 1. The van der Waals surface area contributed by atoms with Gasteiger partial charge in [0.15, 0.2) is 0 Å². The number of aromatic nitrogens is 2. The van der Waals surface area contributed by atoms with E-state index in [1.807, 2.05) is 42.5 Å². The van der Waals surface area contributed by atoms with Gasteiger partial charge in [-0.1, -0.05) is 66.6 Å². The van der Waals surface area contributed by atoms with E-state index >= 15 is 0 Å². The third-order valence-corrected chi connectivity index (χ3v) is 6.95. The summed E-state index contributed by atoms with van der Waals surface area (Å²) in [5.41, 5.74) is 2.94. The van der Waals surface area contributed by atoms with Gasteiger partial charge in [-0.2, -0.15) is 0 Å². The number of hydrogen-bond acceptors (Lipinski definition) is 6. The molecule has 4 aromatic rings. The number of aryl methyl sites for hydroxylation is 1. The summed E-state index contributed by atoms with van der Waals surface area (Å²) in [5, 5.41) is 12.3. The van der Waals surface area contributed by atoms with Crippen LogP contribution in [0.5, 0.6) is 5.75 Å². The molecule has 196 valence electrons. The number of nitrogens with one attached hydrogen (secondary N) is 1. The average Bonchev–Trinajstić information content (AvgIpc) is 3.42. The first-order valence-electron chi connectivity index (χ1n) is 12.7. The molecule has 0 aliphatic heterocycles. The van der Waals surface area contributed by atoms with Crippen LogP contribution in [0, 0.1) is 5.82 Å². The molecule has 6 nitrogen and oxygen atoms in total. The van der Waals surface area contributed by atoms with Gasteiger partial charge in [0.2, 0.25) is 5.78 Å². The van der Waals surface area contributed by atoms with E-state index < -0.39 is 11.7 Å². The summed E-state index contributed by atoms with van der Waals surface area (Å²) in [6.07, 6.45) is 5.05. The van der Waals surface area contributed by atoms with E-state index in [2.05, 4.69) is 27.6 Å². The highest BCUT2D eigenvalue weighted by molar-refractivity contribution is 7.14. The minimum atomic E-state index is -0.578. The first kappa shape index (κ1) is 27.1. The SMILES string of the molecule is O=C(CCCCCCc1ccccc1)C(=O)NCc1nnc(-c2ccc(OCc3cccc(F)c3)cc2)s1. The monoisotopic (exact) mass is 531 g/mol. The fourth-order valence-corrected chi connectivity index (χ4v) is 4.69. The third-order valence-electron chi connectivity index (χ3n) is 5.98. The van der Waals surface area contributed by atoms with E-state index in [4.69, 9.17) is 4.74 Å². The second kappa shape index (κ2) is 14.1. The summed E-state index contributed by atoms with van der Waals surface area (Å²) in [4.78, 5) is 24.3. The zero-order chi connectivity index (χ0) is 26.6. The number of hydrogen-bond donors (Lipinski definition) is 1. The highest BCUT2D eigenvalue weighted by atomic mass is 32.1. The Kier molecular flexibility index (Phi) is 10.1. The molecule has 0 aliphatic rings. The largest absolute Gasteiger partial charge is 0.489 e. The highest BCUT2D eigenvalue weighted by Gasteiger charge is 2.14. The third kappa shape index (κ3) is 8.59. The summed E-state index contributed by atoms with van der Waals surface area (Å²) in [5.74, 6) is -0.610. The van der Waals surface area contributed by atoms with Crippen LogP contribution >= 0.6 is 11.3 Å². The molecule has 0 fully saturated rings. The number of carbonyl (C=O) groups is 2.